The maximum atomic E-state index is 5.99. The van der Waals surface area contributed by atoms with Crippen molar-refractivity contribution in [3.05, 3.63) is 63.6 Å². The standard InChI is InChI=1S/C13H10BrClO/c14-11-5-3-4-10(8-11)9-16-13-7-2-1-6-12(13)15/h1-8H,9H2. The Morgan fingerprint density at radius 2 is 1.88 bits per heavy atom. The third kappa shape index (κ3) is 3.00. The smallest absolute Gasteiger partial charge is 0.138 e. The first-order valence-electron chi connectivity index (χ1n) is 4.87. The van der Waals surface area contributed by atoms with Gasteiger partial charge in [0, 0.05) is 4.47 Å². The fourth-order valence-corrected chi connectivity index (χ4v) is 1.99. The quantitative estimate of drug-likeness (QED) is 0.799. The normalized spacial score (nSPS) is 10.1. The minimum absolute atomic E-state index is 0.517. The zero-order chi connectivity index (χ0) is 11.4. The van der Waals surface area contributed by atoms with E-state index in [9.17, 15) is 0 Å². The maximum absolute atomic E-state index is 5.99. The summed E-state index contributed by atoms with van der Waals surface area (Å²) in [5.41, 5.74) is 1.11. The van der Waals surface area contributed by atoms with Crippen LogP contribution >= 0.6 is 27.5 Å². The second-order valence-corrected chi connectivity index (χ2v) is 4.67. The molecule has 0 heterocycles. The highest BCUT2D eigenvalue weighted by Crippen LogP contribution is 2.24. The first kappa shape index (κ1) is 11.5. The van der Waals surface area contributed by atoms with Crippen molar-refractivity contribution in [2.24, 2.45) is 0 Å². The van der Waals surface area contributed by atoms with Gasteiger partial charge in [-0.2, -0.15) is 0 Å². The van der Waals surface area contributed by atoms with Gasteiger partial charge in [0.15, 0.2) is 0 Å². The number of hydrogen-bond donors (Lipinski definition) is 0. The largest absolute Gasteiger partial charge is 0.487 e. The molecule has 0 saturated carbocycles. The van der Waals surface area contributed by atoms with Crippen LogP contribution in [-0.2, 0) is 6.61 Å². The van der Waals surface area contributed by atoms with E-state index >= 15 is 0 Å². The molecule has 0 saturated heterocycles. The molecule has 2 aromatic carbocycles. The van der Waals surface area contributed by atoms with Gasteiger partial charge in [-0.05, 0) is 29.8 Å². The van der Waals surface area contributed by atoms with Crippen molar-refractivity contribution in [3.63, 3.8) is 0 Å². The lowest BCUT2D eigenvalue weighted by Crippen LogP contribution is -1.95. The Morgan fingerprint density at radius 3 is 2.62 bits per heavy atom. The molecule has 0 spiro atoms. The van der Waals surface area contributed by atoms with Crippen molar-refractivity contribution in [2.45, 2.75) is 6.61 Å². The van der Waals surface area contributed by atoms with Crippen molar-refractivity contribution < 1.29 is 4.74 Å². The predicted octanol–water partition coefficient (Wildman–Crippen LogP) is 4.68. The molecule has 1 nitrogen and oxygen atoms in total. The number of halogens is 2. The van der Waals surface area contributed by atoms with Gasteiger partial charge in [0.25, 0.3) is 0 Å². The summed E-state index contributed by atoms with van der Waals surface area (Å²) >= 11 is 9.41. The molecule has 0 aliphatic carbocycles. The molecule has 0 radical (unpaired) electrons. The van der Waals surface area contributed by atoms with Gasteiger partial charge in [0.05, 0.1) is 5.02 Å². The highest BCUT2D eigenvalue weighted by atomic mass is 79.9. The van der Waals surface area contributed by atoms with Crippen molar-refractivity contribution in [2.75, 3.05) is 0 Å². The number of hydrogen-bond acceptors (Lipinski definition) is 1. The van der Waals surface area contributed by atoms with Crippen molar-refractivity contribution in [1.82, 2.24) is 0 Å². The predicted molar refractivity (Wildman–Crippen MR) is 69.9 cm³/mol. The monoisotopic (exact) mass is 296 g/mol. The molecule has 16 heavy (non-hydrogen) atoms. The second kappa shape index (κ2) is 5.37. The summed E-state index contributed by atoms with van der Waals surface area (Å²) in [6.45, 7) is 0.517. The van der Waals surface area contributed by atoms with Gasteiger partial charge in [-0.25, -0.2) is 0 Å². The summed E-state index contributed by atoms with van der Waals surface area (Å²) in [6.07, 6.45) is 0. The highest BCUT2D eigenvalue weighted by molar-refractivity contribution is 9.10. The van der Waals surface area contributed by atoms with Gasteiger partial charge < -0.3 is 4.74 Å². The summed E-state index contributed by atoms with van der Waals surface area (Å²) in [5, 5.41) is 0.637. The van der Waals surface area contributed by atoms with E-state index in [0.29, 0.717) is 17.4 Å². The third-order valence-corrected chi connectivity index (χ3v) is 2.93. The minimum atomic E-state index is 0.517. The lowest BCUT2D eigenvalue weighted by Gasteiger charge is -2.07. The molecule has 0 aromatic heterocycles. The van der Waals surface area contributed by atoms with E-state index in [2.05, 4.69) is 15.9 Å². The van der Waals surface area contributed by atoms with Gasteiger partial charge in [-0.15, -0.1) is 0 Å². The van der Waals surface area contributed by atoms with Crippen LogP contribution in [0.3, 0.4) is 0 Å². The van der Waals surface area contributed by atoms with E-state index in [1.807, 2.05) is 48.5 Å². The molecule has 0 fully saturated rings. The topological polar surface area (TPSA) is 9.23 Å². The highest BCUT2D eigenvalue weighted by Gasteiger charge is 2.00. The lowest BCUT2D eigenvalue weighted by molar-refractivity contribution is 0.306. The molecule has 3 heteroatoms. The zero-order valence-electron chi connectivity index (χ0n) is 8.49. The van der Waals surface area contributed by atoms with Gasteiger partial charge in [-0.3, -0.25) is 0 Å². The summed E-state index contributed by atoms with van der Waals surface area (Å²) in [5.74, 6) is 0.712. The number of benzene rings is 2. The minimum Gasteiger partial charge on any atom is -0.487 e. The van der Waals surface area contributed by atoms with Crippen LogP contribution in [0.4, 0.5) is 0 Å². The molecule has 0 N–H and O–H groups in total. The van der Waals surface area contributed by atoms with E-state index in [4.69, 9.17) is 16.3 Å². The van der Waals surface area contributed by atoms with Gasteiger partial charge in [0.2, 0.25) is 0 Å². The lowest BCUT2D eigenvalue weighted by atomic mass is 10.2. The summed E-state index contributed by atoms with van der Waals surface area (Å²) in [7, 11) is 0. The van der Waals surface area contributed by atoms with Crippen LogP contribution in [0.15, 0.2) is 53.0 Å². The third-order valence-electron chi connectivity index (χ3n) is 2.12. The van der Waals surface area contributed by atoms with Gasteiger partial charge in [-0.1, -0.05) is 51.8 Å². The molecular formula is C13H10BrClO. The van der Waals surface area contributed by atoms with E-state index in [-0.39, 0.29) is 0 Å². The Balaban J connectivity index is 2.05. The van der Waals surface area contributed by atoms with Crippen LogP contribution in [0.25, 0.3) is 0 Å². The second-order valence-electron chi connectivity index (χ2n) is 3.35. The molecule has 0 unspecified atom stereocenters. The Hall–Kier alpha value is -0.990. The van der Waals surface area contributed by atoms with Gasteiger partial charge in [0.1, 0.15) is 12.4 Å². The molecule has 0 amide bonds. The first-order valence-corrected chi connectivity index (χ1v) is 6.04. The molecule has 2 aromatic rings. The van der Waals surface area contributed by atoms with E-state index in [0.717, 1.165) is 10.0 Å². The van der Waals surface area contributed by atoms with Crippen LogP contribution in [-0.4, -0.2) is 0 Å². The molecule has 2 rings (SSSR count). The van der Waals surface area contributed by atoms with Crippen LogP contribution in [0.2, 0.25) is 5.02 Å². The molecular weight excluding hydrogens is 287 g/mol. The van der Waals surface area contributed by atoms with Crippen molar-refractivity contribution >= 4 is 27.5 Å². The molecule has 0 aliphatic rings. The maximum Gasteiger partial charge on any atom is 0.138 e. The Morgan fingerprint density at radius 1 is 1.06 bits per heavy atom. The summed E-state index contributed by atoms with van der Waals surface area (Å²) in [6, 6.07) is 15.5. The van der Waals surface area contributed by atoms with E-state index < -0.39 is 0 Å². The van der Waals surface area contributed by atoms with Gasteiger partial charge >= 0.3 is 0 Å². The van der Waals surface area contributed by atoms with Crippen LogP contribution in [0, 0.1) is 0 Å². The summed E-state index contributed by atoms with van der Waals surface area (Å²) < 4.78 is 6.67. The average molecular weight is 298 g/mol. The van der Waals surface area contributed by atoms with Crippen LogP contribution < -0.4 is 4.74 Å². The Kier molecular flexibility index (Phi) is 3.86. The SMILES string of the molecule is Clc1ccccc1OCc1cccc(Br)c1. The van der Waals surface area contributed by atoms with Crippen molar-refractivity contribution in [3.8, 4) is 5.75 Å². The Bertz CT molecular complexity index is 485. The average Bonchev–Trinajstić information content (AvgIpc) is 2.28. The molecule has 0 atom stereocenters. The number of para-hydroxylation sites is 1. The fraction of sp³-hybridized carbons (Fsp3) is 0.0769. The number of rotatable bonds is 3. The molecule has 0 aliphatic heterocycles. The Labute approximate surface area is 108 Å². The van der Waals surface area contributed by atoms with Crippen LogP contribution in [0.1, 0.15) is 5.56 Å². The number of ether oxygens (including phenoxy) is 1. The molecule has 0 bridgehead atoms. The zero-order valence-corrected chi connectivity index (χ0v) is 10.8. The summed E-state index contributed by atoms with van der Waals surface area (Å²) in [4.78, 5) is 0. The fourth-order valence-electron chi connectivity index (χ4n) is 1.35. The van der Waals surface area contributed by atoms with Crippen molar-refractivity contribution in [1.29, 1.82) is 0 Å². The van der Waals surface area contributed by atoms with E-state index in [1.165, 1.54) is 0 Å². The molecule has 82 valence electrons. The first-order chi connectivity index (χ1) is 7.75. The van der Waals surface area contributed by atoms with E-state index in [1.54, 1.807) is 0 Å². The van der Waals surface area contributed by atoms with Crippen LogP contribution in [0.5, 0.6) is 5.75 Å².